The van der Waals surface area contributed by atoms with E-state index in [1.54, 1.807) is 12.1 Å². The van der Waals surface area contributed by atoms with Crippen LogP contribution >= 0.6 is 15.9 Å². The number of aldehydes is 1. The zero-order valence-corrected chi connectivity index (χ0v) is 9.36. The smallest absolute Gasteiger partial charge is 0.283 e. The van der Waals surface area contributed by atoms with Gasteiger partial charge in [-0.05, 0) is 34.3 Å². The van der Waals surface area contributed by atoms with E-state index in [0.29, 0.717) is 4.47 Å². The normalized spacial score (nSPS) is 17.1. The van der Waals surface area contributed by atoms with Crippen LogP contribution in [0.15, 0.2) is 22.7 Å². The third-order valence-corrected chi connectivity index (χ3v) is 3.56. The van der Waals surface area contributed by atoms with Gasteiger partial charge in [0.05, 0.1) is 14.8 Å². The lowest BCUT2D eigenvalue weighted by molar-refractivity contribution is -0.385. The topological polar surface area (TPSA) is 60.2 Å². The molecule has 0 radical (unpaired) electrons. The van der Waals surface area contributed by atoms with Crippen molar-refractivity contribution in [3.05, 3.63) is 38.3 Å². The van der Waals surface area contributed by atoms with Gasteiger partial charge >= 0.3 is 0 Å². The second kappa shape index (κ2) is 3.41. The van der Waals surface area contributed by atoms with Crippen molar-refractivity contribution in [2.75, 3.05) is 0 Å². The van der Waals surface area contributed by atoms with Crippen molar-refractivity contribution >= 4 is 27.9 Å². The van der Waals surface area contributed by atoms with E-state index in [-0.39, 0.29) is 5.69 Å². The van der Waals surface area contributed by atoms with Crippen LogP contribution in [0.2, 0.25) is 0 Å². The molecule has 2 rings (SSSR count). The molecule has 0 heterocycles. The van der Waals surface area contributed by atoms with Gasteiger partial charge in [-0.2, -0.15) is 0 Å². The second-order valence-electron chi connectivity index (χ2n) is 3.67. The average Bonchev–Trinajstić information content (AvgIpc) is 2.98. The minimum Gasteiger partial charge on any atom is -0.302 e. The number of hydrogen-bond acceptors (Lipinski definition) is 3. The molecule has 0 unspecified atom stereocenters. The van der Waals surface area contributed by atoms with Crippen molar-refractivity contribution in [2.24, 2.45) is 0 Å². The van der Waals surface area contributed by atoms with Crippen molar-refractivity contribution in [3.8, 4) is 0 Å². The monoisotopic (exact) mass is 269 g/mol. The third-order valence-electron chi connectivity index (χ3n) is 2.73. The fourth-order valence-corrected chi connectivity index (χ4v) is 2.43. The standard InChI is InChI=1S/C10H8BrNO3/c11-9-7(10(6-13)4-5-10)2-1-3-8(9)12(14)15/h1-3,6H,4-5H2. The molecule has 1 aromatic rings. The molecule has 0 spiro atoms. The number of nitro groups is 1. The first-order valence-corrected chi connectivity index (χ1v) is 5.30. The Bertz CT molecular complexity index is 440. The first kappa shape index (κ1) is 10.3. The van der Waals surface area contributed by atoms with Gasteiger partial charge in [-0.1, -0.05) is 12.1 Å². The minimum atomic E-state index is -0.481. The molecular formula is C10H8BrNO3. The summed E-state index contributed by atoms with van der Waals surface area (Å²) in [6, 6.07) is 4.80. The Kier molecular flexibility index (Phi) is 2.34. The van der Waals surface area contributed by atoms with Crippen molar-refractivity contribution in [2.45, 2.75) is 18.3 Å². The number of rotatable bonds is 3. The van der Waals surface area contributed by atoms with Crippen LogP contribution in [0.3, 0.4) is 0 Å². The Hall–Kier alpha value is -1.23. The average molecular weight is 270 g/mol. The molecule has 0 atom stereocenters. The first-order chi connectivity index (χ1) is 7.10. The van der Waals surface area contributed by atoms with E-state index >= 15 is 0 Å². The number of halogens is 1. The maximum Gasteiger partial charge on any atom is 0.283 e. The predicted octanol–water partition coefficient (Wildman–Crippen LogP) is 2.59. The lowest BCUT2D eigenvalue weighted by Crippen LogP contribution is -2.09. The third kappa shape index (κ3) is 1.56. The summed E-state index contributed by atoms with van der Waals surface area (Å²) in [7, 11) is 0. The molecule has 1 saturated carbocycles. The molecule has 1 aliphatic rings. The van der Waals surface area contributed by atoms with E-state index in [4.69, 9.17) is 0 Å². The maximum atomic E-state index is 10.9. The molecule has 0 amide bonds. The Morgan fingerprint density at radius 1 is 1.47 bits per heavy atom. The molecule has 78 valence electrons. The largest absolute Gasteiger partial charge is 0.302 e. The van der Waals surface area contributed by atoms with Gasteiger partial charge < -0.3 is 4.79 Å². The molecule has 0 aliphatic heterocycles. The summed E-state index contributed by atoms with van der Waals surface area (Å²) < 4.78 is 0.430. The van der Waals surface area contributed by atoms with Crippen LogP contribution in [-0.2, 0) is 10.2 Å². The fraction of sp³-hybridized carbons (Fsp3) is 0.300. The molecule has 15 heavy (non-hydrogen) atoms. The van der Waals surface area contributed by atoms with Gasteiger partial charge in [0.1, 0.15) is 6.29 Å². The van der Waals surface area contributed by atoms with E-state index in [1.165, 1.54) is 6.07 Å². The summed E-state index contributed by atoms with van der Waals surface area (Å²) in [5.74, 6) is 0. The Balaban J connectivity index is 2.54. The van der Waals surface area contributed by atoms with E-state index in [9.17, 15) is 14.9 Å². The number of nitro benzene ring substituents is 1. The number of carbonyl (C=O) groups excluding carboxylic acids is 1. The van der Waals surface area contributed by atoms with Crippen LogP contribution < -0.4 is 0 Å². The summed E-state index contributed by atoms with van der Waals surface area (Å²) in [5.41, 5.74) is 0.262. The minimum absolute atomic E-state index is 0.0145. The fourth-order valence-electron chi connectivity index (χ4n) is 1.63. The number of benzene rings is 1. The van der Waals surface area contributed by atoms with Crippen molar-refractivity contribution < 1.29 is 9.72 Å². The summed E-state index contributed by atoms with van der Waals surface area (Å²) in [6.45, 7) is 0. The van der Waals surface area contributed by atoms with Gasteiger partial charge in [0.15, 0.2) is 0 Å². The molecule has 0 saturated heterocycles. The van der Waals surface area contributed by atoms with Gasteiger partial charge in [0, 0.05) is 6.07 Å². The van der Waals surface area contributed by atoms with E-state index in [0.717, 1.165) is 24.7 Å². The molecule has 4 nitrogen and oxygen atoms in total. The highest BCUT2D eigenvalue weighted by atomic mass is 79.9. The molecule has 0 bridgehead atoms. The summed E-state index contributed by atoms with van der Waals surface area (Å²) >= 11 is 3.20. The van der Waals surface area contributed by atoms with Crippen LogP contribution in [0.5, 0.6) is 0 Å². The van der Waals surface area contributed by atoms with Gasteiger partial charge in [-0.15, -0.1) is 0 Å². The zero-order chi connectivity index (χ0) is 11.1. The number of carbonyl (C=O) groups is 1. The Morgan fingerprint density at radius 3 is 2.60 bits per heavy atom. The van der Waals surface area contributed by atoms with Crippen molar-refractivity contribution in [1.82, 2.24) is 0 Å². The van der Waals surface area contributed by atoms with Crippen molar-refractivity contribution in [1.29, 1.82) is 0 Å². The molecule has 5 heteroatoms. The van der Waals surface area contributed by atoms with Crippen LogP contribution in [0.4, 0.5) is 5.69 Å². The van der Waals surface area contributed by atoms with Crippen LogP contribution in [0.1, 0.15) is 18.4 Å². The number of hydrogen-bond donors (Lipinski definition) is 0. The van der Waals surface area contributed by atoms with Gasteiger partial charge in [-0.25, -0.2) is 0 Å². The lowest BCUT2D eigenvalue weighted by atomic mass is 9.97. The molecule has 0 N–H and O–H groups in total. The highest BCUT2D eigenvalue weighted by Gasteiger charge is 2.46. The highest BCUT2D eigenvalue weighted by molar-refractivity contribution is 9.10. The maximum absolute atomic E-state index is 10.9. The van der Waals surface area contributed by atoms with Gasteiger partial charge in [0.2, 0.25) is 0 Å². The van der Waals surface area contributed by atoms with Crippen LogP contribution in [0, 0.1) is 10.1 Å². The first-order valence-electron chi connectivity index (χ1n) is 4.50. The quantitative estimate of drug-likeness (QED) is 0.482. The highest BCUT2D eigenvalue weighted by Crippen LogP contribution is 2.50. The van der Waals surface area contributed by atoms with Crippen LogP contribution in [-0.4, -0.2) is 11.2 Å². The second-order valence-corrected chi connectivity index (χ2v) is 4.46. The Labute approximate surface area is 94.6 Å². The van der Waals surface area contributed by atoms with Gasteiger partial charge in [-0.3, -0.25) is 10.1 Å². The van der Waals surface area contributed by atoms with E-state index in [2.05, 4.69) is 15.9 Å². The molecule has 1 aliphatic carbocycles. The predicted molar refractivity (Wildman–Crippen MR) is 57.8 cm³/mol. The van der Waals surface area contributed by atoms with E-state index in [1.807, 2.05) is 0 Å². The summed E-state index contributed by atoms with van der Waals surface area (Å²) in [4.78, 5) is 21.2. The molecular weight excluding hydrogens is 262 g/mol. The summed E-state index contributed by atoms with van der Waals surface area (Å²) in [6.07, 6.45) is 2.43. The molecule has 1 fully saturated rings. The lowest BCUT2D eigenvalue weighted by Gasteiger charge is -2.09. The van der Waals surface area contributed by atoms with E-state index < -0.39 is 10.3 Å². The number of nitrogens with zero attached hydrogens (tertiary/aromatic N) is 1. The molecule has 1 aromatic carbocycles. The van der Waals surface area contributed by atoms with Crippen molar-refractivity contribution in [3.63, 3.8) is 0 Å². The molecule has 0 aromatic heterocycles. The van der Waals surface area contributed by atoms with Gasteiger partial charge in [0.25, 0.3) is 5.69 Å². The van der Waals surface area contributed by atoms with Crippen LogP contribution in [0.25, 0.3) is 0 Å². The SMILES string of the molecule is O=CC1(c2cccc([N+](=O)[O-])c2Br)CC1. The Morgan fingerprint density at radius 2 is 2.13 bits per heavy atom. The summed E-state index contributed by atoms with van der Waals surface area (Å²) in [5, 5.41) is 10.7. The zero-order valence-electron chi connectivity index (χ0n) is 7.77.